The van der Waals surface area contributed by atoms with Crippen LogP contribution in [-0.2, 0) is 0 Å². The van der Waals surface area contributed by atoms with Crippen LogP contribution in [0.3, 0.4) is 0 Å². The average molecular weight is 265 g/mol. The molecule has 0 aliphatic carbocycles. The Balaban J connectivity index is 2.15. The SMILES string of the molecule is Cc1nc(Sc2cnc(C(N)=NO)cn2)oc1C. The van der Waals surface area contributed by atoms with Crippen molar-refractivity contribution in [2.75, 3.05) is 0 Å². The zero-order valence-electron chi connectivity index (χ0n) is 9.78. The topological polar surface area (TPSA) is 110 Å². The number of amidine groups is 1. The highest BCUT2D eigenvalue weighted by Gasteiger charge is 2.09. The van der Waals surface area contributed by atoms with Gasteiger partial charge in [0, 0.05) is 0 Å². The molecule has 0 unspecified atom stereocenters. The van der Waals surface area contributed by atoms with Gasteiger partial charge in [-0.05, 0) is 25.6 Å². The van der Waals surface area contributed by atoms with E-state index in [0.717, 1.165) is 11.5 Å². The van der Waals surface area contributed by atoms with Crippen LogP contribution in [0, 0.1) is 13.8 Å². The first-order chi connectivity index (χ1) is 8.60. The second-order valence-electron chi connectivity index (χ2n) is 3.45. The number of hydrogen-bond donors (Lipinski definition) is 2. The fourth-order valence-corrected chi connectivity index (χ4v) is 1.87. The molecule has 0 aromatic carbocycles. The van der Waals surface area contributed by atoms with Gasteiger partial charge in [0.15, 0.2) is 5.84 Å². The number of nitrogens with zero attached hydrogens (tertiary/aromatic N) is 4. The molecule has 3 N–H and O–H groups in total. The van der Waals surface area contributed by atoms with E-state index in [1.807, 2.05) is 13.8 Å². The lowest BCUT2D eigenvalue weighted by molar-refractivity contribution is 0.318. The normalized spacial score (nSPS) is 11.8. The largest absolute Gasteiger partial charge is 0.436 e. The quantitative estimate of drug-likeness (QED) is 0.372. The first-order valence-corrected chi connectivity index (χ1v) is 5.83. The molecule has 2 aromatic heterocycles. The van der Waals surface area contributed by atoms with Crippen LogP contribution in [-0.4, -0.2) is 26.0 Å². The zero-order valence-corrected chi connectivity index (χ0v) is 10.6. The van der Waals surface area contributed by atoms with E-state index in [2.05, 4.69) is 20.1 Å². The Morgan fingerprint density at radius 3 is 2.67 bits per heavy atom. The molecule has 0 saturated carbocycles. The summed E-state index contributed by atoms with van der Waals surface area (Å²) in [6.45, 7) is 3.72. The third kappa shape index (κ3) is 2.59. The van der Waals surface area contributed by atoms with Crippen LogP contribution in [0.4, 0.5) is 0 Å². The molecule has 0 saturated heterocycles. The van der Waals surface area contributed by atoms with E-state index in [0.29, 0.717) is 15.9 Å². The summed E-state index contributed by atoms with van der Waals surface area (Å²) in [6.07, 6.45) is 2.92. The summed E-state index contributed by atoms with van der Waals surface area (Å²) in [7, 11) is 0. The fourth-order valence-electron chi connectivity index (χ4n) is 1.13. The zero-order chi connectivity index (χ0) is 13.1. The lowest BCUT2D eigenvalue weighted by atomic mass is 10.4. The molecule has 2 rings (SSSR count). The van der Waals surface area contributed by atoms with Gasteiger partial charge in [0.25, 0.3) is 5.22 Å². The molecule has 0 bridgehead atoms. The summed E-state index contributed by atoms with van der Waals surface area (Å²) in [5, 5.41) is 12.5. The third-order valence-electron chi connectivity index (χ3n) is 2.20. The van der Waals surface area contributed by atoms with Gasteiger partial charge >= 0.3 is 0 Å². The van der Waals surface area contributed by atoms with Crippen LogP contribution in [0.5, 0.6) is 0 Å². The first kappa shape index (κ1) is 12.4. The second kappa shape index (κ2) is 5.05. The molecule has 18 heavy (non-hydrogen) atoms. The molecule has 0 radical (unpaired) electrons. The van der Waals surface area contributed by atoms with Gasteiger partial charge in [-0.25, -0.2) is 15.0 Å². The predicted octanol–water partition coefficient (Wildman–Crippen LogP) is 1.33. The molecule has 94 valence electrons. The van der Waals surface area contributed by atoms with Crippen LogP contribution < -0.4 is 5.73 Å². The Labute approximate surface area is 107 Å². The smallest absolute Gasteiger partial charge is 0.262 e. The van der Waals surface area contributed by atoms with E-state index in [-0.39, 0.29) is 5.84 Å². The lowest BCUT2D eigenvalue weighted by Crippen LogP contribution is -2.15. The summed E-state index contributed by atoms with van der Waals surface area (Å²) in [5.41, 5.74) is 6.53. The van der Waals surface area contributed by atoms with Gasteiger partial charge in [-0.15, -0.1) is 0 Å². The van der Waals surface area contributed by atoms with Gasteiger partial charge in [-0.2, -0.15) is 0 Å². The van der Waals surface area contributed by atoms with Gasteiger partial charge in [0.2, 0.25) is 0 Å². The molecule has 2 aromatic rings. The lowest BCUT2D eigenvalue weighted by Gasteiger charge is -1.98. The van der Waals surface area contributed by atoms with E-state index in [1.165, 1.54) is 24.2 Å². The van der Waals surface area contributed by atoms with Crippen molar-refractivity contribution < 1.29 is 9.62 Å². The summed E-state index contributed by atoms with van der Waals surface area (Å²) in [5.74, 6) is 0.695. The monoisotopic (exact) mass is 265 g/mol. The molecule has 8 heteroatoms. The summed E-state index contributed by atoms with van der Waals surface area (Å²) in [6, 6.07) is 0. The van der Waals surface area contributed by atoms with E-state index in [9.17, 15) is 0 Å². The average Bonchev–Trinajstić information content (AvgIpc) is 2.68. The van der Waals surface area contributed by atoms with Crippen molar-refractivity contribution in [2.45, 2.75) is 24.1 Å². The second-order valence-corrected chi connectivity index (χ2v) is 4.42. The maximum Gasteiger partial charge on any atom is 0.262 e. The minimum Gasteiger partial charge on any atom is -0.436 e. The third-order valence-corrected chi connectivity index (χ3v) is 2.97. The minimum atomic E-state index is -0.0816. The van der Waals surface area contributed by atoms with Crippen molar-refractivity contribution in [3.8, 4) is 0 Å². The number of aromatic nitrogens is 3. The van der Waals surface area contributed by atoms with E-state index in [4.69, 9.17) is 15.4 Å². The Morgan fingerprint density at radius 2 is 2.17 bits per heavy atom. The van der Waals surface area contributed by atoms with E-state index in [1.54, 1.807) is 0 Å². The molecule has 0 atom stereocenters. The molecule has 0 fully saturated rings. The van der Waals surface area contributed by atoms with Crippen molar-refractivity contribution in [3.63, 3.8) is 0 Å². The Morgan fingerprint density at radius 1 is 1.39 bits per heavy atom. The maximum absolute atomic E-state index is 8.49. The van der Waals surface area contributed by atoms with Gasteiger partial charge in [0.05, 0.1) is 18.1 Å². The standard InChI is InChI=1S/C10H11N5O2S/c1-5-6(2)17-10(14-5)18-8-4-12-7(3-13-8)9(11)15-16/h3-4,16H,1-2H3,(H2,11,15). The van der Waals surface area contributed by atoms with Gasteiger partial charge in [-0.1, -0.05) is 5.16 Å². The number of rotatable bonds is 3. The van der Waals surface area contributed by atoms with Crippen LogP contribution in [0.25, 0.3) is 0 Å². The van der Waals surface area contributed by atoms with Crippen molar-refractivity contribution in [1.29, 1.82) is 0 Å². The molecular weight excluding hydrogens is 254 g/mol. The number of nitrogens with two attached hydrogens (primary N) is 1. The Hall–Kier alpha value is -2.09. The van der Waals surface area contributed by atoms with Crippen molar-refractivity contribution in [2.24, 2.45) is 10.9 Å². The number of aryl methyl sites for hydroxylation is 2. The van der Waals surface area contributed by atoms with E-state index < -0.39 is 0 Å². The summed E-state index contributed by atoms with van der Waals surface area (Å²) < 4.78 is 5.41. The highest BCUT2D eigenvalue weighted by atomic mass is 32.2. The molecule has 0 amide bonds. The number of oxazole rings is 1. The van der Waals surface area contributed by atoms with Gasteiger partial charge < -0.3 is 15.4 Å². The Kier molecular flexibility index (Phi) is 3.47. The molecular formula is C10H11N5O2S. The van der Waals surface area contributed by atoms with Crippen LogP contribution in [0.1, 0.15) is 17.1 Å². The Bertz CT molecular complexity index is 559. The van der Waals surface area contributed by atoms with Gasteiger partial charge in [0.1, 0.15) is 16.5 Å². The predicted molar refractivity (Wildman–Crippen MR) is 64.6 cm³/mol. The maximum atomic E-state index is 8.49. The van der Waals surface area contributed by atoms with Crippen molar-refractivity contribution in [3.05, 3.63) is 29.5 Å². The molecule has 0 aliphatic rings. The van der Waals surface area contributed by atoms with Gasteiger partial charge in [-0.3, -0.25) is 0 Å². The summed E-state index contributed by atoms with van der Waals surface area (Å²) in [4.78, 5) is 12.3. The first-order valence-electron chi connectivity index (χ1n) is 5.02. The highest BCUT2D eigenvalue weighted by molar-refractivity contribution is 7.99. The van der Waals surface area contributed by atoms with Crippen molar-refractivity contribution in [1.82, 2.24) is 15.0 Å². The highest BCUT2D eigenvalue weighted by Crippen LogP contribution is 2.26. The molecule has 7 nitrogen and oxygen atoms in total. The molecule has 0 aliphatic heterocycles. The van der Waals surface area contributed by atoms with Crippen molar-refractivity contribution >= 4 is 17.6 Å². The van der Waals surface area contributed by atoms with Crippen LogP contribution >= 0.6 is 11.8 Å². The molecule has 2 heterocycles. The number of oxime groups is 1. The molecule has 0 spiro atoms. The number of hydrogen-bond acceptors (Lipinski definition) is 7. The fraction of sp³-hybridized carbons (Fsp3) is 0.200. The summed E-state index contributed by atoms with van der Waals surface area (Å²) >= 11 is 1.26. The minimum absolute atomic E-state index is 0.0816. The van der Waals surface area contributed by atoms with Crippen LogP contribution in [0.15, 0.2) is 32.2 Å². The van der Waals surface area contributed by atoms with E-state index >= 15 is 0 Å². The van der Waals surface area contributed by atoms with Crippen LogP contribution in [0.2, 0.25) is 0 Å².